The van der Waals surface area contributed by atoms with Crippen LogP contribution < -0.4 is 10.6 Å². The largest absolute Gasteiger partial charge is 0.346 e. The van der Waals surface area contributed by atoms with E-state index in [1.165, 1.54) is 6.07 Å². The molecular formula is C15H19FN4S. The van der Waals surface area contributed by atoms with Crippen LogP contribution in [0.1, 0.15) is 11.6 Å². The van der Waals surface area contributed by atoms with Gasteiger partial charge in [0.1, 0.15) is 5.82 Å². The molecule has 0 radical (unpaired) electrons. The van der Waals surface area contributed by atoms with E-state index in [9.17, 15) is 4.39 Å². The summed E-state index contributed by atoms with van der Waals surface area (Å²) in [5.41, 5.74) is 6.60. The molecule has 0 saturated carbocycles. The zero-order chi connectivity index (χ0) is 14.7. The second-order valence-corrected chi connectivity index (χ2v) is 5.98. The van der Waals surface area contributed by atoms with Crippen LogP contribution in [0.4, 0.5) is 9.52 Å². The number of thiazole rings is 1. The fourth-order valence-corrected chi connectivity index (χ4v) is 3.51. The molecule has 0 spiro atoms. The van der Waals surface area contributed by atoms with E-state index >= 15 is 0 Å². The minimum Gasteiger partial charge on any atom is -0.346 e. The first kappa shape index (κ1) is 14.4. The van der Waals surface area contributed by atoms with Crippen molar-refractivity contribution >= 4 is 16.5 Å². The summed E-state index contributed by atoms with van der Waals surface area (Å²) in [6, 6.07) is 6.87. The summed E-state index contributed by atoms with van der Waals surface area (Å²) >= 11 is 1.66. The lowest BCUT2D eigenvalue weighted by Gasteiger charge is -2.39. The summed E-state index contributed by atoms with van der Waals surface area (Å²) < 4.78 is 14.0. The Hall–Kier alpha value is -1.50. The van der Waals surface area contributed by atoms with Crippen molar-refractivity contribution in [3.63, 3.8) is 0 Å². The van der Waals surface area contributed by atoms with Crippen LogP contribution in [0, 0.1) is 5.82 Å². The number of benzene rings is 1. The second-order valence-electron chi connectivity index (χ2n) is 5.11. The van der Waals surface area contributed by atoms with Crippen molar-refractivity contribution in [3.8, 4) is 0 Å². The van der Waals surface area contributed by atoms with Gasteiger partial charge < -0.3 is 10.6 Å². The number of hydrogen-bond donors (Lipinski definition) is 1. The molecule has 1 aliphatic heterocycles. The molecule has 0 bridgehead atoms. The lowest BCUT2D eigenvalue weighted by Crippen LogP contribution is -2.49. The molecule has 3 rings (SSSR count). The van der Waals surface area contributed by atoms with E-state index in [2.05, 4.69) is 14.8 Å². The first-order valence-corrected chi connectivity index (χ1v) is 8.00. The van der Waals surface area contributed by atoms with Gasteiger partial charge in [-0.3, -0.25) is 4.90 Å². The molecule has 1 aliphatic rings. The Balaban J connectivity index is 1.69. The molecule has 0 amide bonds. The van der Waals surface area contributed by atoms with Crippen LogP contribution >= 0.6 is 11.3 Å². The first-order valence-electron chi connectivity index (χ1n) is 7.12. The van der Waals surface area contributed by atoms with Crippen LogP contribution in [-0.4, -0.2) is 42.6 Å². The van der Waals surface area contributed by atoms with Gasteiger partial charge in [-0.2, -0.15) is 0 Å². The number of hydrogen-bond acceptors (Lipinski definition) is 5. The van der Waals surface area contributed by atoms with Crippen molar-refractivity contribution in [1.82, 2.24) is 9.88 Å². The number of rotatable bonds is 4. The lowest BCUT2D eigenvalue weighted by molar-refractivity contribution is 0.186. The van der Waals surface area contributed by atoms with Crippen molar-refractivity contribution in [2.75, 3.05) is 37.6 Å². The Morgan fingerprint density at radius 2 is 2.00 bits per heavy atom. The molecule has 21 heavy (non-hydrogen) atoms. The predicted molar refractivity (Wildman–Crippen MR) is 84.1 cm³/mol. The monoisotopic (exact) mass is 306 g/mol. The topological polar surface area (TPSA) is 45.4 Å². The standard InChI is InChI=1S/C15H19FN4S/c16-13-4-2-1-3-12(13)14(11-17)19-6-8-20(9-7-19)15-18-5-10-21-15/h1-5,10,14H,6-9,11,17H2. The molecule has 112 valence electrons. The second kappa shape index (κ2) is 6.51. The molecule has 1 fully saturated rings. The van der Waals surface area contributed by atoms with Gasteiger partial charge in [-0.25, -0.2) is 9.37 Å². The van der Waals surface area contributed by atoms with E-state index in [1.54, 1.807) is 17.4 Å². The van der Waals surface area contributed by atoms with Gasteiger partial charge in [0, 0.05) is 49.9 Å². The van der Waals surface area contributed by atoms with Crippen LogP contribution in [-0.2, 0) is 0 Å². The van der Waals surface area contributed by atoms with Gasteiger partial charge >= 0.3 is 0 Å². The number of anilines is 1. The molecule has 2 N–H and O–H groups in total. The first-order chi connectivity index (χ1) is 10.3. The highest BCUT2D eigenvalue weighted by Gasteiger charge is 2.26. The Morgan fingerprint density at radius 3 is 2.62 bits per heavy atom. The maximum absolute atomic E-state index is 14.0. The summed E-state index contributed by atoms with van der Waals surface area (Å²) in [5, 5.41) is 3.05. The van der Waals surface area contributed by atoms with Crippen LogP contribution in [0.5, 0.6) is 0 Å². The van der Waals surface area contributed by atoms with Crippen LogP contribution in [0.15, 0.2) is 35.8 Å². The number of halogens is 1. The number of nitrogens with two attached hydrogens (primary N) is 1. The molecule has 1 atom stereocenters. The van der Waals surface area contributed by atoms with Gasteiger partial charge in [0.05, 0.1) is 6.04 Å². The van der Waals surface area contributed by atoms with E-state index in [-0.39, 0.29) is 11.9 Å². The van der Waals surface area contributed by atoms with Crippen molar-refractivity contribution in [1.29, 1.82) is 0 Å². The van der Waals surface area contributed by atoms with Crippen molar-refractivity contribution in [3.05, 3.63) is 47.2 Å². The van der Waals surface area contributed by atoms with E-state index in [4.69, 9.17) is 5.73 Å². The van der Waals surface area contributed by atoms with Crippen LogP contribution in [0.25, 0.3) is 0 Å². The van der Waals surface area contributed by atoms with Crippen LogP contribution in [0.2, 0.25) is 0 Å². The maximum atomic E-state index is 14.0. The van der Waals surface area contributed by atoms with E-state index in [0.717, 1.165) is 31.3 Å². The third kappa shape index (κ3) is 3.07. The highest BCUT2D eigenvalue weighted by Crippen LogP contribution is 2.25. The molecule has 2 aromatic rings. The van der Waals surface area contributed by atoms with Gasteiger partial charge in [0.2, 0.25) is 0 Å². The SMILES string of the molecule is NCC(c1ccccc1F)N1CCN(c2nccs2)CC1. The predicted octanol–water partition coefficient (Wildman–Crippen LogP) is 2.10. The van der Waals surface area contributed by atoms with Gasteiger partial charge in [0.15, 0.2) is 5.13 Å². The Bertz CT molecular complexity index is 567. The smallest absolute Gasteiger partial charge is 0.185 e. The number of nitrogens with zero attached hydrogens (tertiary/aromatic N) is 3. The third-order valence-electron chi connectivity index (χ3n) is 3.93. The summed E-state index contributed by atoms with van der Waals surface area (Å²) in [4.78, 5) is 8.88. The summed E-state index contributed by atoms with van der Waals surface area (Å²) in [5.74, 6) is -0.171. The fourth-order valence-electron chi connectivity index (χ4n) is 2.82. The van der Waals surface area contributed by atoms with Crippen molar-refractivity contribution < 1.29 is 4.39 Å². The van der Waals surface area contributed by atoms with Gasteiger partial charge in [0.25, 0.3) is 0 Å². The molecule has 6 heteroatoms. The zero-order valence-electron chi connectivity index (χ0n) is 11.8. The number of piperazine rings is 1. The Morgan fingerprint density at radius 1 is 1.24 bits per heavy atom. The minimum atomic E-state index is -0.171. The lowest BCUT2D eigenvalue weighted by atomic mass is 10.0. The summed E-state index contributed by atoms with van der Waals surface area (Å²) in [6.07, 6.45) is 1.83. The van der Waals surface area contributed by atoms with E-state index in [1.807, 2.05) is 23.7 Å². The summed E-state index contributed by atoms with van der Waals surface area (Å²) in [7, 11) is 0. The quantitative estimate of drug-likeness (QED) is 0.939. The highest BCUT2D eigenvalue weighted by molar-refractivity contribution is 7.13. The maximum Gasteiger partial charge on any atom is 0.185 e. The van der Waals surface area contributed by atoms with Gasteiger partial charge in [-0.05, 0) is 6.07 Å². The Kier molecular flexibility index (Phi) is 4.48. The molecule has 1 aromatic heterocycles. The van der Waals surface area contributed by atoms with Gasteiger partial charge in [-0.1, -0.05) is 18.2 Å². The van der Waals surface area contributed by atoms with Crippen molar-refractivity contribution in [2.24, 2.45) is 5.73 Å². The minimum absolute atomic E-state index is 0.0513. The zero-order valence-corrected chi connectivity index (χ0v) is 12.6. The molecule has 2 heterocycles. The van der Waals surface area contributed by atoms with Crippen LogP contribution in [0.3, 0.4) is 0 Å². The van der Waals surface area contributed by atoms with Gasteiger partial charge in [-0.15, -0.1) is 11.3 Å². The molecule has 0 aliphatic carbocycles. The van der Waals surface area contributed by atoms with Crippen molar-refractivity contribution in [2.45, 2.75) is 6.04 Å². The van der Waals surface area contributed by atoms with E-state index < -0.39 is 0 Å². The molecular weight excluding hydrogens is 287 g/mol. The highest BCUT2D eigenvalue weighted by atomic mass is 32.1. The average Bonchev–Trinajstić information content (AvgIpc) is 3.05. The summed E-state index contributed by atoms with van der Waals surface area (Å²) in [6.45, 7) is 3.97. The Labute approximate surface area is 128 Å². The van der Waals surface area contributed by atoms with E-state index in [0.29, 0.717) is 12.1 Å². The normalized spacial score (nSPS) is 17.9. The molecule has 1 saturated heterocycles. The molecule has 1 aromatic carbocycles. The third-order valence-corrected chi connectivity index (χ3v) is 4.76. The number of aromatic nitrogens is 1. The fraction of sp³-hybridized carbons (Fsp3) is 0.400. The molecule has 1 unspecified atom stereocenters. The molecule has 4 nitrogen and oxygen atoms in total. The average molecular weight is 306 g/mol.